The van der Waals surface area contributed by atoms with Crippen molar-refractivity contribution in [1.82, 2.24) is 4.57 Å². The van der Waals surface area contributed by atoms with Crippen LogP contribution in [0.4, 0.5) is 0 Å². The molecule has 1 nitrogen and oxygen atoms in total. The predicted octanol–water partition coefficient (Wildman–Crippen LogP) is 3.97. The maximum atomic E-state index is 5.22. The highest BCUT2D eigenvalue weighted by Gasteiger charge is 1.94. The molecular formula is C11H8BrNS. The van der Waals surface area contributed by atoms with Crippen molar-refractivity contribution in [3.05, 3.63) is 57.8 Å². The fraction of sp³-hybridized carbons (Fsp3) is 0. The van der Waals surface area contributed by atoms with E-state index in [0.29, 0.717) is 0 Å². The first-order chi connectivity index (χ1) is 6.77. The van der Waals surface area contributed by atoms with E-state index in [1.54, 1.807) is 0 Å². The summed E-state index contributed by atoms with van der Waals surface area (Å²) < 4.78 is 3.86. The molecule has 0 saturated carbocycles. The zero-order chi connectivity index (χ0) is 9.97. The van der Waals surface area contributed by atoms with Gasteiger partial charge in [-0.05, 0) is 36.4 Å². The minimum atomic E-state index is 0.815. The van der Waals surface area contributed by atoms with Gasteiger partial charge in [0.1, 0.15) is 4.64 Å². The Balaban J connectivity index is 2.56. The Bertz CT molecular complexity index is 487. The molecule has 0 unspecified atom stereocenters. The lowest BCUT2D eigenvalue weighted by Crippen LogP contribution is -1.94. The Morgan fingerprint density at radius 1 is 1.00 bits per heavy atom. The summed E-state index contributed by atoms with van der Waals surface area (Å²) in [4.78, 5) is 0. The van der Waals surface area contributed by atoms with Crippen LogP contribution < -0.4 is 0 Å². The smallest absolute Gasteiger partial charge is 0.110 e. The van der Waals surface area contributed by atoms with Crippen molar-refractivity contribution >= 4 is 28.1 Å². The van der Waals surface area contributed by atoms with Crippen LogP contribution in [0.1, 0.15) is 0 Å². The van der Waals surface area contributed by atoms with Crippen LogP contribution >= 0.6 is 28.1 Å². The lowest BCUT2D eigenvalue weighted by molar-refractivity contribution is 1.03. The van der Waals surface area contributed by atoms with Crippen molar-refractivity contribution in [2.45, 2.75) is 0 Å². The normalized spacial score (nSPS) is 10.1. The number of halogens is 1. The minimum absolute atomic E-state index is 0.815. The maximum Gasteiger partial charge on any atom is 0.110 e. The molecule has 1 aromatic carbocycles. The van der Waals surface area contributed by atoms with Crippen LogP contribution in [0.15, 0.2) is 53.1 Å². The highest BCUT2D eigenvalue weighted by molar-refractivity contribution is 9.10. The zero-order valence-corrected chi connectivity index (χ0v) is 9.75. The van der Waals surface area contributed by atoms with E-state index in [1.807, 2.05) is 53.2 Å². The lowest BCUT2D eigenvalue weighted by atomic mass is 10.3. The van der Waals surface area contributed by atoms with Gasteiger partial charge in [-0.1, -0.05) is 34.2 Å². The molecule has 0 aliphatic rings. The number of aromatic nitrogens is 1. The van der Waals surface area contributed by atoms with Gasteiger partial charge in [-0.25, -0.2) is 0 Å². The van der Waals surface area contributed by atoms with E-state index in [9.17, 15) is 0 Å². The fourth-order valence-electron chi connectivity index (χ4n) is 1.24. The number of benzene rings is 1. The third kappa shape index (κ3) is 1.94. The van der Waals surface area contributed by atoms with Gasteiger partial charge in [-0.15, -0.1) is 0 Å². The average molecular weight is 266 g/mol. The third-order valence-corrected chi connectivity index (χ3v) is 2.79. The van der Waals surface area contributed by atoms with Crippen LogP contribution in [0.5, 0.6) is 0 Å². The van der Waals surface area contributed by atoms with Crippen molar-refractivity contribution < 1.29 is 0 Å². The monoisotopic (exact) mass is 265 g/mol. The standard InChI is InChI=1S/C11H8BrNS/c12-9-4-6-10(7-5-9)13-8-2-1-3-11(13)14/h1-8H. The molecule has 0 N–H and O–H groups in total. The van der Waals surface area contributed by atoms with Crippen LogP contribution in [0.2, 0.25) is 0 Å². The first-order valence-corrected chi connectivity index (χ1v) is 5.41. The molecule has 2 aromatic rings. The van der Waals surface area contributed by atoms with Crippen LogP contribution in [0.3, 0.4) is 0 Å². The van der Waals surface area contributed by atoms with Crippen LogP contribution in [-0.2, 0) is 0 Å². The summed E-state index contributed by atoms with van der Waals surface area (Å²) in [7, 11) is 0. The quantitative estimate of drug-likeness (QED) is 0.707. The summed E-state index contributed by atoms with van der Waals surface area (Å²) in [6, 6.07) is 13.9. The molecular weight excluding hydrogens is 258 g/mol. The molecule has 1 heterocycles. The van der Waals surface area contributed by atoms with Gasteiger partial charge in [0, 0.05) is 16.4 Å². The van der Waals surface area contributed by atoms with Crippen molar-refractivity contribution in [1.29, 1.82) is 0 Å². The maximum absolute atomic E-state index is 5.22. The summed E-state index contributed by atoms with van der Waals surface area (Å²) in [5, 5.41) is 0. The van der Waals surface area contributed by atoms with E-state index >= 15 is 0 Å². The molecule has 0 saturated heterocycles. The summed E-state index contributed by atoms with van der Waals surface area (Å²) in [5.74, 6) is 0. The first kappa shape index (κ1) is 9.62. The number of hydrogen-bond acceptors (Lipinski definition) is 1. The number of rotatable bonds is 1. The highest BCUT2D eigenvalue weighted by Crippen LogP contribution is 2.14. The molecule has 0 aliphatic heterocycles. The van der Waals surface area contributed by atoms with Gasteiger partial charge >= 0.3 is 0 Å². The van der Waals surface area contributed by atoms with E-state index in [2.05, 4.69) is 15.9 Å². The van der Waals surface area contributed by atoms with Gasteiger partial charge in [-0.2, -0.15) is 0 Å². The summed E-state index contributed by atoms with van der Waals surface area (Å²) in [5.41, 5.74) is 1.08. The fourth-order valence-corrected chi connectivity index (χ4v) is 1.75. The Kier molecular flexibility index (Phi) is 2.79. The van der Waals surface area contributed by atoms with Crippen molar-refractivity contribution in [2.75, 3.05) is 0 Å². The second-order valence-corrected chi connectivity index (χ2v) is 4.22. The molecule has 1 aromatic heterocycles. The van der Waals surface area contributed by atoms with Crippen molar-refractivity contribution in [2.24, 2.45) is 0 Å². The van der Waals surface area contributed by atoms with E-state index in [1.165, 1.54) is 0 Å². The van der Waals surface area contributed by atoms with Crippen molar-refractivity contribution in [3.8, 4) is 5.69 Å². The molecule has 70 valence electrons. The van der Waals surface area contributed by atoms with Crippen LogP contribution in [0.25, 0.3) is 5.69 Å². The lowest BCUT2D eigenvalue weighted by Gasteiger charge is -2.05. The van der Waals surface area contributed by atoms with Gasteiger partial charge < -0.3 is 4.57 Å². The summed E-state index contributed by atoms with van der Waals surface area (Å²) in [6.45, 7) is 0. The topological polar surface area (TPSA) is 4.93 Å². The average Bonchev–Trinajstić information content (AvgIpc) is 2.20. The Morgan fingerprint density at radius 3 is 2.36 bits per heavy atom. The second kappa shape index (κ2) is 4.07. The van der Waals surface area contributed by atoms with E-state index in [0.717, 1.165) is 14.8 Å². The largest absolute Gasteiger partial charge is 0.308 e. The summed E-state index contributed by atoms with van der Waals surface area (Å²) >= 11 is 8.62. The van der Waals surface area contributed by atoms with Gasteiger partial charge in [0.25, 0.3) is 0 Å². The van der Waals surface area contributed by atoms with E-state index in [4.69, 9.17) is 12.2 Å². The zero-order valence-electron chi connectivity index (χ0n) is 7.35. The Morgan fingerprint density at radius 2 is 1.71 bits per heavy atom. The number of pyridine rings is 1. The molecule has 0 spiro atoms. The number of hydrogen-bond donors (Lipinski definition) is 0. The molecule has 3 heteroatoms. The minimum Gasteiger partial charge on any atom is -0.308 e. The number of nitrogens with zero attached hydrogens (tertiary/aromatic N) is 1. The van der Waals surface area contributed by atoms with Crippen LogP contribution in [0, 0.1) is 4.64 Å². The first-order valence-electron chi connectivity index (χ1n) is 4.21. The third-order valence-electron chi connectivity index (χ3n) is 1.93. The van der Waals surface area contributed by atoms with Gasteiger partial charge in [0.05, 0.1) is 0 Å². The van der Waals surface area contributed by atoms with Gasteiger partial charge in [0.2, 0.25) is 0 Å². The molecule has 0 atom stereocenters. The van der Waals surface area contributed by atoms with Gasteiger partial charge in [0.15, 0.2) is 0 Å². The predicted molar refractivity (Wildman–Crippen MR) is 64.3 cm³/mol. The molecule has 0 radical (unpaired) electrons. The molecule has 0 fully saturated rings. The molecule has 0 amide bonds. The SMILES string of the molecule is S=c1ccccn1-c1ccc(Br)cc1. The molecule has 0 aliphatic carbocycles. The van der Waals surface area contributed by atoms with Gasteiger partial charge in [-0.3, -0.25) is 0 Å². The molecule has 2 rings (SSSR count). The molecule has 14 heavy (non-hydrogen) atoms. The van der Waals surface area contributed by atoms with Crippen molar-refractivity contribution in [3.63, 3.8) is 0 Å². The van der Waals surface area contributed by atoms with E-state index in [-0.39, 0.29) is 0 Å². The molecule has 0 bridgehead atoms. The Hall–Kier alpha value is -0.930. The Labute approximate surface area is 96.1 Å². The second-order valence-electron chi connectivity index (χ2n) is 2.89. The van der Waals surface area contributed by atoms with Crippen LogP contribution in [-0.4, -0.2) is 4.57 Å². The highest BCUT2D eigenvalue weighted by atomic mass is 79.9. The summed E-state index contributed by atoms with van der Waals surface area (Å²) in [6.07, 6.45) is 1.96. The van der Waals surface area contributed by atoms with E-state index < -0.39 is 0 Å².